The lowest BCUT2D eigenvalue weighted by Gasteiger charge is -2.26. The molecule has 0 aliphatic carbocycles. The number of nitrogens with zero attached hydrogens (tertiary/aromatic N) is 3. The van der Waals surface area contributed by atoms with Gasteiger partial charge >= 0.3 is 0 Å². The number of halogens is 1. The molecule has 1 aromatic carbocycles. The number of guanidine groups is 1. The van der Waals surface area contributed by atoms with Crippen molar-refractivity contribution in [2.75, 3.05) is 26.2 Å². The molecule has 0 radical (unpaired) electrons. The number of nitrogens with one attached hydrogen (secondary N) is 2. The van der Waals surface area contributed by atoms with Gasteiger partial charge in [-0.15, -0.1) is 24.0 Å². The van der Waals surface area contributed by atoms with Gasteiger partial charge in [0, 0.05) is 38.4 Å². The van der Waals surface area contributed by atoms with E-state index < -0.39 is 0 Å². The van der Waals surface area contributed by atoms with Crippen molar-refractivity contribution in [1.29, 1.82) is 0 Å². The molecule has 1 aliphatic heterocycles. The summed E-state index contributed by atoms with van der Waals surface area (Å²) in [7, 11) is 0. The molecule has 0 amide bonds. The van der Waals surface area contributed by atoms with Crippen LogP contribution in [0.15, 0.2) is 58.4 Å². The Morgan fingerprint density at radius 1 is 0.969 bits per heavy atom. The molecule has 2 aromatic rings. The third-order valence-electron chi connectivity index (χ3n) is 5.66. The highest BCUT2D eigenvalue weighted by Gasteiger charge is 2.10. The van der Waals surface area contributed by atoms with Gasteiger partial charge in [-0.2, -0.15) is 0 Å². The quantitative estimate of drug-likeness (QED) is 0.203. The van der Waals surface area contributed by atoms with Crippen molar-refractivity contribution in [2.45, 2.75) is 58.7 Å². The Morgan fingerprint density at radius 2 is 1.72 bits per heavy atom. The lowest BCUT2D eigenvalue weighted by Crippen LogP contribution is -2.37. The van der Waals surface area contributed by atoms with Crippen LogP contribution >= 0.6 is 24.0 Å². The highest BCUT2D eigenvalue weighted by Crippen LogP contribution is 2.14. The molecule has 2 N–H and O–H groups in total. The SMILES string of the molecule is CCNC(=NCc1ccc(CN2CCCCC2)cc1)NCCCCn1ccccc1=O.I. The maximum Gasteiger partial charge on any atom is 0.250 e. The van der Waals surface area contributed by atoms with Crippen molar-refractivity contribution in [3.63, 3.8) is 0 Å². The van der Waals surface area contributed by atoms with E-state index in [2.05, 4.69) is 46.7 Å². The Hall–Kier alpha value is -1.87. The van der Waals surface area contributed by atoms with Gasteiger partial charge in [-0.05, 0) is 62.9 Å². The second-order valence-corrected chi connectivity index (χ2v) is 8.21. The summed E-state index contributed by atoms with van der Waals surface area (Å²) in [6.07, 6.45) is 7.82. The van der Waals surface area contributed by atoms with Gasteiger partial charge in [0.2, 0.25) is 5.56 Å². The number of aromatic nitrogens is 1. The summed E-state index contributed by atoms with van der Waals surface area (Å²) >= 11 is 0. The van der Waals surface area contributed by atoms with E-state index in [0.717, 1.165) is 45.0 Å². The molecule has 2 heterocycles. The van der Waals surface area contributed by atoms with Gasteiger partial charge in [0.15, 0.2) is 5.96 Å². The van der Waals surface area contributed by atoms with Crippen LogP contribution in [0, 0.1) is 0 Å². The molecule has 1 aliphatic rings. The molecule has 0 unspecified atom stereocenters. The van der Waals surface area contributed by atoms with Gasteiger partial charge in [-0.25, -0.2) is 4.99 Å². The second-order valence-electron chi connectivity index (χ2n) is 8.21. The first-order chi connectivity index (χ1) is 15.2. The average Bonchev–Trinajstić information content (AvgIpc) is 2.80. The van der Waals surface area contributed by atoms with Crippen molar-refractivity contribution >= 4 is 29.9 Å². The summed E-state index contributed by atoms with van der Waals surface area (Å²) in [6.45, 7) is 8.68. The Balaban J connectivity index is 0.00000363. The van der Waals surface area contributed by atoms with Crippen LogP contribution in [0.5, 0.6) is 0 Å². The topological polar surface area (TPSA) is 61.7 Å². The summed E-state index contributed by atoms with van der Waals surface area (Å²) in [6, 6.07) is 14.2. The Labute approximate surface area is 209 Å². The van der Waals surface area contributed by atoms with Crippen molar-refractivity contribution in [2.24, 2.45) is 4.99 Å². The molecule has 1 aromatic heterocycles. The highest BCUT2D eigenvalue weighted by molar-refractivity contribution is 14.0. The standard InChI is InChI=1S/C25H37N5O.HI/c1-2-26-25(27-15-5-9-19-30-18-8-4-10-24(30)31)28-20-22-11-13-23(14-12-22)21-29-16-6-3-7-17-29;/h4,8,10-14,18H,2-3,5-7,9,15-17,19-21H2,1H3,(H2,26,27,28);1H. The number of likely N-dealkylation sites (tertiary alicyclic amines) is 1. The van der Waals surface area contributed by atoms with Gasteiger partial charge in [0.1, 0.15) is 0 Å². The van der Waals surface area contributed by atoms with E-state index in [4.69, 9.17) is 4.99 Å². The van der Waals surface area contributed by atoms with E-state index in [9.17, 15) is 4.79 Å². The Bertz CT molecular complexity index is 859. The molecule has 1 saturated heterocycles. The van der Waals surface area contributed by atoms with Crippen LogP contribution in [0.2, 0.25) is 0 Å². The summed E-state index contributed by atoms with van der Waals surface area (Å²) < 4.78 is 1.76. The molecule has 6 nitrogen and oxygen atoms in total. The van der Waals surface area contributed by atoms with Crippen molar-refractivity contribution in [1.82, 2.24) is 20.1 Å². The molecule has 0 spiro atoms. The van der Waals surface area contributed by atoms with E-state index in [1.54, 1.807) is 16.7 Å². The van der Waals surface area contributed by atoms with E-state index in [0.29, 0.717) is 6.54 Å². The van der Waals surface area contributed by atoms with E-state index >= 15 is 0 Å². The van der Waals surface area contributed by atoms with Gasteiger partial charge in [-0.1, -0.05) is 36.8 Å². The Morgan fingerprint density at radius 3 is 2.44 bits per heavy atom. The zero-order valence-electron chi connectivity index (χ0n) is 19.3. The number of piperidine rings is 1. The summed E-state index contributed by atoms with van der Waals surface area (Å²) in [5.41, 5.74) is 2.67. The lowest BCUT2D eigenvalue weighted by molar-refractivity contribution is 0.221. The van der Waals surface area contributed by atoms with Crippen molar-refractivity contribution < 1.29 is 0 Å². The predicted molar refractivity (Wildman–Crippen MR) is 144 cm³/mol. The summed E-state index contributed by atoms with van der Waals surface area (Å²) in [5, 5.41) is 6.72. The molecule has 7 heteroatoms. The molecule has 0 saturated carbocycles. The van der Waals surface area contributed by atoms with Gasteiger partial charge in [-0.3, -0.25) is 9.69 Å². The maximum absolute atomic E-state index is 11.7. The van der Waals surface area contributed by atoms with E-state index in [1.807, 2.05) is 12.3 Å². The van der Waals surface area contributed by atoms with Crippen LogP contribution in [0.4, 0.5) is 0 Å². The monoisotopic (exact) mass is 551 g/mol. The van der Waals surface area contributed by atoms with Crippen LogP contribution in [-0.2, 0) is 19.6 Å². The molecule has 176 valence electrons. The summed E-state index contributed by atoms with van der Waals surface area (Å²) in [5.74, 6) is 0.844. The minimum atomic E-state index is 0. The molecule has 0 bridgehead atoms. The normalized spacial score (nSPS) is 14.6. The second kappa shape index (κ2) is 15.1. The minimum Gasteiger partial charge on any atom is -0.357 e. The van der Waals surface area contributed by atoms with E-state index in [-0.39, 0.29) is 29.5 Å². The first kappa shape index (κ1) is 26.4. The van der Waals surface area contributed by atoms with Crippen LogP contribution in [-0.4, -0.2) is 41.6 Å². The summed E-state index contributed by atoms with van der Waals surface area (Å²) in [4.78, 5) is 19.0. The first-order valence-corrected chi connectivity index (χ1v) is 11.7. The fourth-order valence-corrected chi connectivity index (χ4v) is 3.90. The third kappa shape index (κ3) is 9.32. The van der Waals surface area contributed by atoms with Crippen LogP contribution in [0.3, 0.4) is 0 Å². The maximum atomic E-state index is 11.7. The fourth-order valence-electron chi connectivity index (χ4n) is 3.90. The molecular weight excluding hydrogens is 513 g/mol. The Kier molecular flexibility index (Phi) is 12.4. The first-order valence-electron chi connectivity index (χ1n) is 11.7. The number of pyridine rings is 1. The third-order valence-corrected chi connectivity index (χ3v) is 5.66. The van der Waals surface area contributed by atoms with Gasteiger partial charge < -0.3 is 15.2 Å². The van der Waals surface area contributed by atoms with Gasteiger partial charge in [0.25, 0.3) is 0 Å². The number of aryl methyl sites for hydroxylation is 1. The number of aliphatic imine (C=N–C) groups is 1. The van der Waals surface area contributed by atoms with Crippen LogP contribution < -0.4 is 16.2 Å². The predicted octanol–water partition coefficient (Wildman–Crippen LogP) is 3.99. The average molecular weight is 552 g/mol. The van der Waals surface area contributed by atoms with Gasteiger partial charge in [0.05, 0.1) is 6.54 Å². The molecule has 32 heavy (non-hydrogen) atoms. The molecule has 1 fully saturated rings. The number of unbranched alkanes of at least 4 members (excludes halogenated alkanes) is 1. The molecule has 0 atom stereocenters. The largest absolute Gasteiger partial charge is 0.357 e. The number of hydrogen-bond acceptors (Lipinski definition) is 3. The zero-order valence-corrected chi connectivity index (χ0v) is 21.6. The smallest absolute Gasteiger partial charge is 0.250 e. The van der Waals surface area contributed by atoms with Crippen LogP contribution in [0.25, 0.3) is 0 Å². The molecule has 3 rings (SSSR count). The van der Waals surface area contributed by atoms with Crippen molar-refractivity contribution in [3.8, 4) is 0 Å². The van der Waals surface area contributed by atoms with Crippen LogP contribution in [0.1, 0.15) is 50.2 Å². The minimum absolute atomic E-state index is 0. The fraction of sp³-hybridized carbons (Fsp3) is 0.520. The zero-order chi connectivity index (χ0) is 21.7. The molecular formula is C25H38IN5O. The number of rotatable bonds is 10. The number of benzene rings is 1. The van der Waals surface area contributed by atoms with E-state index in [1.165, 1.54) is 43.5 Å². The lowest BCUT2D eigenvalue weighted by atomic mass is 10.1. The van der Waals surface area contributed by atoms with Crippen molar-refractivity contribution in [3.05, 3.63) is 70.1 Å². The highest BCUT2D eigenvalue weighted by atomic mass is 127. The number of hydrogen-bond donors (Lipinski definition) is 2.